The zero-order chi connectivity index (χ0) is 15.4. The highest BCUT2D eigenvalue weighted by Gasteiger charge is 2.17. The van der Waals surface area contributed by atoms with Gasteiger partial charge in [0.25, 0.3) is 5.91 Å². The number of hydrogen-bond donors (Lipinski definition) is 2. The van der Waals surface area contributed by atoms with Crippen LogP contribution in [0.5, 0.6) is 0 Å². The molecule has 2 aromatic rings. The van der Waals surface area contributed by atoms with E-state index in [4.69, 9.17) is 4.74 Å². The molecule has 0 saturated carbocycles. The van der Waals surface area contributed by atoms with Crippen molar-refractivity contribution in [2.75, 3.05) is 6.61 Å². The molecule has 3 rings (SSSR count). The number of aromatic amines is 1. The van der Waals surface area contributed by atoms with Gasteiger partial charge in [-0.25, -0.2) is 0 Å². The standard InChI is InChI=1S/C15H17N5O2/c1-10-13(3-2-8-22-10)15(21)16-9-11-4-6-12(7-5-11)14-17-19-20-18-14/h4-7H,2-3,8-9H2,1H3,(H,16,21)(H,17,18,19,20). The maximum Gasteiger partial charge on any atom is 0.250 e. The zero-order valence-electron chi connectivity index (χ0n) is 12.3. The first-order valence-corrected chi connectivity index (χ1v) is 7.17. The van der Waals surface area contributed by atoms with E-state index in [1.807, 2.05) is 31.2 Å². The van der Waals surface area contributed by atoms with E-state index in [1.165, 1.54) is 0 Å². The van der Waals surface area contributed by atoms with Gasteiger partial charge in [0.2, 0.25) is 5.82 Å². The van der Waals surface area contributed by atoms with Gasteiger partial charge in [-0.1, -0.05) is 24.3 Å². The predicted octanol–water partition coefficient (Wildman–Crippen LogP) is 1.57. The molecule has 0 atom stereocenters. The second-order valence-corrected chi connectivity index (χ2v) is 5.10. The Balaban J connectivity index is 1.61. The monoisotopic (exact) mass is 299 g/mol. The summed E-state index contributed by atoms with van der Waals surface area (Å²) in [4.78, 5) is 12.2. The van der Waals surface area contributed by atoms with Crippen LogP contribution in [0, 0.1) is 0 Å². The summed E-state index contributed by atoms with van der Waals surface area (Å²) in [5.74, 6) is 1.23. The summed E-state index contributed by atoms with van der Waals surface area (Å²) in [7, 11) is 0. The van der Waals surface area contributed by atoms with E-state index >= 15 is 0 Å². The fraction of sp³-hybridized carbons (Fsp3) is 0.333. The second kappa shape index (κ2) is 6.38. The number of carbonyl (C=O) groups is 1. The summed E-state index contributed by atoms with van der Waals surface area (Å²) in [5.41, 5.74) is 2.63. The molecule has 2 heterocycles. The maximum atomic E-state index is 12.2. The summed E-state index contributed by atoms with van der Waals surface area (Å²) in [5, 5.41) is 16.7. The molecule has 0 saturated heterocycles. The molecule has 0 aliphatic carbocycles. The zero-order valence-corrected chi connectivity index (χ0v) is 12.3. The summed E-state index contributed by atoms with van der Waals surface area (Å²) < 4.78 is 5.42. The predicted molar refractivity (Wildman–Crippen MR) is 79.3 cm³/mol. The Morgan fingerprint density at radius 3 is 2.86 bits per heavy atom. The van der Waals surface area contributed by atoms with Crippen molar-refractivity contribution in [2.24, 2.45) is 0 Å². The molecule has 2 N–H and O–H groups in total. The van der Waals surface area contributed by atoms with E-state index < -0.39 is 0 Å². The number of nitrogens with one attached hydrogen (secondary N) is 2. The van der Waals surface area contributed by atoms with Crippen LogP contribution in [0.4, 0.5) is 0 Å². The van der Waals surface area contributed by atoms with E-state index in [0.717, 1.165) is 35.3 Å². The van der Waals surface area contributed by atoms with Gasteiger partial charge in [-0.3, -0.25) is 4.79 Å². The van der Waals surface area contributed by atoms with Gasteiger partial charge in [0.15, 0.2) is 0 Å². The van der Waals surface area contributed by atoms with Crippen LogP contribution in [0.25, 0.3) is 11.4 Å². The van der Waals surface area contributed by atoms with E-state index in [0.29, 0.717) is 19.0 Å². The molecule has 114 valence electrons. The fourth-order valence-electron chi connectivity index (χ4n) is 2.36. The average Bonchev–Trinajstić information content (AvgIpc) is 3.08. The third-order valence-corrected chi connectivity index (χ3v) is 3.60. The minimum Gasteiger partial charge on any atom is -0.498 e. The SMILES string of the molecule is CC1=C(C(=O)NCc2ccc(-c3nn[nH]n3)cc2)CCCO1. The van der Waals surface area contributed by atoms with Crippen LogP contribution >= 0.6 is 0 Å². The first kappa shape index (κ1) is 14.2. The smallest absolute Gasteiger partial charge is 0.250 e. The molecule has 0 unspecified atom stereocenters. The Hall–Kier alpha value is -2.70. The number of H-pyrrole nitrogens is 1. The molecule has 7 heteroatoms. The van der Waals surface area contributed by atoms with Crippen molar-refractivity contribution in [3.8, 4) is 11.4 Å². The number of carbonyl (C=O) groups excluding carboxylic acids is 1. The molecular weight excluding hydrogens is 282 g/mol. The lowest BCUT2D eigenvalue weighted by atomic mass is 10.1. The van der Waals surface area contributed by atoms with Gasteiger partial charge >= 0.3 is 0 Å². The van der Waals surface area contributed by atoms with E-state index in [-0.39, 0.29) is 5.91 Å². The van der Waals surface area contributed by atoms with Gasteiger partial charge in [0.05, 0.1) is 12.2 Å². The summed E-state index contributed by atoms with van der Waals surface area (Å²) >= 11 is 0. The molecule has 1 aliphatic rings. The van der Waals surface area contributed by atoms with Crippen LogP contribution in [0.15, 0.2) is 35.6 Å². The van der Waals surface area contributed by atoms with Crippen LogP contribution in [0.2, 0.25) is 0 Å². The summed E-state index contributed by atoms with van der Waals surface area (Å²) in [6.45, 7) is 3.01. The first-order valence-electron chi connectivity index (χ1n) is 7.17. The third kappa shape index (κ3) is 3.13. The highest BCUT2D eigenvalue weighted by Crippen LogP contribution is 2.19. The van der Waals surface area contributed by atoms with Crippen molar-refractivity contribution in [1.29, 1.82) is 0 Å². The highest BCUT2D eigenvalue weighted by atomic mass is 16.5. The van der Waals surface area contributed by atoms with Crippen LogP contribution in [-0.2, 0) is 16.1 Å². The van der Waals surface area contributed by atoms with Crippen molar-refractivity contribution in [3.05, 3.63) is 41.2 Å². The van der Waals surface area contributed by atoms with Crippen molar-refractivity contribution in [3.63, 3.8) is 0 Å². The van der Waals surface area contributed by atoms with Crippen molar-refractivity contribution >= 4 is 5.91 Å². The van der Waals surface area contributed by atoms with Crippen molar-refractivity contribution in [1.82, 2.24) is 25.9 Å². The molecular formula is C15H17N5O2. The fourth-order valence-corrected chi connectivity index (χ4v) is 2.36. The molecule has 1 aromatic heterocycles. The Kier molecular flexibility index (Phi) is 4.13. The first-order chi connectivity index (χ1) is 10.7. The Bertz CT molecular complexity index is 676. The molecule has 0 spiro atoms. The van der Waals surface area contributed by atoms with Gasteiger partial charge in [0, 0.05) is 12.1 Å². The maximum absolute atomic E-state index is 12.2. The van der Waals surface area contributed by atoms with Crippen LogP contribution in [-0.4, -0.2) is 33.1 Å². The molecule has 0 bridgehead atoms. The number of benzene rings is 1. The molecule has 1 amide bonds. The quantitative estimate of drug-likeness (QED) is 0.894. The lowest BCUT2D eigenvalue weighted by molar-refractivity contribution is -0.118. The highest BCUT2D eigenvalue weighted by molar-refractivity contribution is 5.93. The molecule has 22 heavy (non-hydrogen) atoms. The average molecular weight is 299 g/mol. The molecule has 1 aliphatic heterocycles. The number of amides is 1. The number of tetrazole rings is 1. The number of allylic oxidation sites excluding steroid dienone is 1. The van der Waals surface area contributed by atoms with Crippen LogP contribution in [0.3, 0.4) is 0 Å². The van der Waals surface area contributed by atoms with E-state index in [1.54, 1.807) is 0 Å². The Morgan fingerprint density at radius 2 is 2.18 bits per heavy atom. The van der Waals surface area contributed by atoms with Gasteiger partial charge in [0.1, 0.15) is 5.76 Å². The number of hydrogen-bond acceptors (Lipinski definition) is 5. The second-order valence-electron chi connectivity index (χ2n) is 5.10. The van der Waals surface area contributed by atoms with Crippen molar-refractivity contribution in [2.45, 2.75) is 26.3 Å². The summed E-state index contributed by atoms with van der Waals surface area (Å²) in [6, 6.07) is 7.68. The lowest BCUT2D eigenvalue weighted by Crippen LogP contribution is -2.27. The largest absolute Gasteiger partial charge is 0.498 e. The van der Waals surface area contributed by atoms with Crippen LogP contribution in [0.1, 0.15) is 25.3 Å². The lowest BCUT2D eigenvalue weighted by Gasteiger charge is -2.18. The number of nitrogens with zero attached hydrogens (tertiary/aromatic N) is 3. The van der Waals surface area contributed by atoms with E-state index in [9.17, 15) is 4.79 Å². The number of ether oxygens (including phenoxy) is 1. The van der Waals surface area contributed by atoms with Gasteiger partial charge in [-0.05, 0) is 30.5 Å². The Morgan fingerprint density at radius 1 is 1.36 bits per heavy atom. The Labute approximate surface area is 127 Å². The number of aromatic nitrogens is 4. The molecule has 0 fully saturated rings. The molecule has 7 nitrogen and oxygen atoms in total. The number of rotatable bonds is 4. The van der Waals surface area contributed by atoms with Gasteiger partial charge in [-0.2, -0.15) is 5.21 Å². The van der Waals surface area contributed by atoms with Crippen molar-refractivity contribution < 1.29 is 9.53 Å². The molecule has 1 aromatic carbocycles. The minimum absolute atomic E-state index is 0.0561. The molecule has 0 radical (unpaired) electrons. The normalized spacial score (nSPS) is 14.6. The van der Waals surface area contributed by atoms with Crippen LogP contribution < -0.4 is 5.32 Å². The van der Waals surface area contributed by atoms with E-state index in [2.05, 4.69) is 25.9 Å². The van der Waals surface area contributed by atoms with Gasteiger partial charge < -0.3 is 10.1 Å². The third-order valence-electron chi connectivity index (χ3n) is 3.60. The minimum atomic E-state index is -0.0561. The summed E-state index contributed by atoms with van der Waals surface area (Å²) in [6.07, 6.45) is 1.66. The topological polar surface area (TPSA) is 92.8 Å². The van der Waals surface area contributed by atoms with Gasteiger partial charge in [-0.15, -0.1) is 10.2 Å².